The average molecular weight is 380 g/mol. The first kappa shape index (κ1) is 19.6. The number of aliphatic carboxylic acids is 2. The summed E-state index contributed by atoms with van der Waals surface area (Å²) in [5.74, 6) is 3.41. The monoisotopic (exact) mass is 380 g/mol. The van der Waals surface area contributed by atoms with Crippen LogP contribution in [-0.2, 0) is 25.5 Å². The molecule has 0 unspecified atom stereocenters. The van der Waals surface area contributed by atoms with Crippen LogP contribution in [0.4, 0.5) is 0 Å². The second-order valence-electron chi connectivity index (χ2n) is 6.44. The summed E-state index contributed by atoms with van der Waals surface area (Å²) in [5.41, 5.74) is 3.50. The number of benzene rings is 2. The fourth-order valence-electron chi connectivity index (χ4n) is 2.88. The van der Waals surface area contributed by atoms with Gasteiger partial charge in [-0.25, -0.2) is 9.59 Å². The maximum Gasteiger partial charge on any atom is 0.336 e. The third-order valence-corrected chi connectivity index (χ3v) is 4.33. The second-order valence-corrected chi connectivity index (χ2v) is 6.44. The third kappa shape index (κ3) is 4.58. The van der Waals surface area contributed by atoms with E-state index in [0.29, 0.717) is 5.56 Å². The first-order valence-corrected chi connectivity index (χ1v) is 8.95. The summed E-state index contributed by atoms with van der Waals surface area (Å²) in [7, 11) is 0. The van der Waals surface area contributed by atoms with Gasteiger partial charge < -0.3 is 19.7 Å². The SMILES string of the molecule is CCCc1ccc(C#Cc2ccc(C3O[C@@H](C(=O)O)[C@H](C(=O)O)O3)cc2)cc1. The number of aryl methyl sites for hydroxylation is 1. The van der Waals surface area contributed by atoms with Crippen LogP contribution in [0.5, 0.6) is 0 Å². The summed E-state index contributed by atoms with van der Waals surface area (Å²) in [6.07, 6.45) is -1.98. The molecule has 2 aromatic rings. The normalized spacial score (nSPS) is 19.0. The number of carboxylic acids is 2. The van der Waals surface area contributed by atoms with E-state index in [1.54, 1.807) is 24.3 Å². The van der Waals surface area contributed by atoms with Crippen molar-refractivity contribution < 1.29 is 29.3 Å². The van der Waals surface area contributed by atoms with Crippen molar-refractivity contribution in [1.82, 2.24) is 0 Å². The number of hydrogen-bond donors (Lipinski definition) is 2. The van der Waals surface area contributed by atoms with Gasteiger partial charge in [0.2, 0.25) is 0 Å². The third-order valence-electron chi connectivity index (χ3n) is 4.33. The van der Waals surface area contributed by atoms with Crippen molar-refractivity contribution in [2.75, 3.05) is 0 Å². The highest BCUT2D eigenvalue weighted by Gasteiger charge is 2.46. The minimum absolute atomic E-state index is 0.532. The van der Waals surface area contributed by atoms with E-state index >= 15 is 0 Å². The van der Waals surface area contributed by atoms with Crippen molar-refractivity contribution in [3.8, 4) is 11.8 Å². The smallest absolute Gasteiger partial charge is 0.336 e. The predicted octanol–water partition coefficient (Wildman–Crippen LogP) is 2.99. The molecule has 0 radical (unpaired) electrons. The number of carboxylic acid groups (broad SMARTS) is 2. The summed E-state index contributed by atoms with van der Waals surface area (Å²) >= 11 is 0. The first-order chi connectivity index (χ1) is 13.5. The minimum Gasteiger partial charge on any atom is -0.479 e. The van der Waals surface area contributed by atoms with Crippen molar-refractivity contribution in [3.63, 3.8) is 0 Å². The highest BCUT2D eigenvalue weighted by atomic mass is 16.7. The molecule has 2 aromatic carbocycles. The van der Waals surface area contributed by atoms with Gasteiger partial charge in [-0.15, -0.1) is 0 Å². The number of ether oxygens (including phenoxy) is 2. The highest BCUT2D eigenvalue weighted by Crippen LogP contribution is 2.31. The maximum absolute atomic E-state index is 11.1. The topological polar surface area (TPSA) is 93.1 Å². The van der Waals surface area contributed by atoms with Crippen LogP contribution >= 0.6 is 0 Å². The quantitative estimate of drug-likeness (QED) is 0.775. The van der Waals surface area contributed by atoms with Crippen LogP contribution in [-0.4, -0.2) is 34.4 Å². The molecule has 0 aromatic heterocycles. The lowest BCUT2D eigenvalue weighted by Crippen LogP contribution is -2.36. The minimum atomic E-state index is -1.54. The number of rotatable bonds is 5. The Morgan fingerprint density at radius 2 is 1.32 bits per heavy atom. The first-order valence-electron chi connectivity index (χ1n) is 8.95. The number of hydrogen-bond acceptors (Lipinski definition) is 4. The second kappa shape index (κ2) is 8.70. The van der Waals surface area contributed by atoms with E-state index in [2.05, 4.69) is 30.9 Å². The van der Waals surface area contributed by atoms with Crippen molar-refractivity contribution in [2.24, 2.45) is 0 Å². The van der Waals surface area contributed by atoms with Crippen LogP contribution in [0.15, 0.2) is 48.5 Å². The molecule has 0 saturated carbocycles. The zero-order chi connectivity index (χ0) is 20.1. The molecule has 1 aliphatic rings. The van der Waals surface area contributed by atoms with E-state index < -0.39 is 30.4 Å². The molecule has 2 N–H and O–H groups in total. The fraction of sp³-hybridized carbons (Fsp3) is 0.273. The van der Waals surface area contributed by atoms with E-state index in [9.17, 15) is 9.59 Å². The lowest BCUT2D eigenvalue weighted by atomic mass is 10.1. The van der Waals surface area contributed by atoms with Gasteiger partial charge in [0.15, 0.2) is 18.5 Å². The Kier molecular flexibility index (Phi) is 6.09. The van der Waals surface area contributed by atoms with Gasteiger partial charge in [0.1, 0.15) is 0 Å². The van der Waals surface area contributed by atoms with Crippen LogP contribution in [0.25, 0.3) is 0 Å². The molecule has 1 aliphatic heterocycles. The lowest BCUT2D eigenvalue weighted by molar-refractivity contribution is -0.156. The molecule has 6 heteroatoms. The van der Waals surface area contributed by atoms with Gasteiger partial charge in [0, 0.05) is 16.7 Å². The molecule has 2 atom stereocenters. The van der Waals surface area contributed by atoms with Crippen LogP contribution in [0.3, 0.4) is 0 Å². The summed E-state index contributed by atoms with van der Waals surface area (Å²) in [4.78, 5) is 22.3. The molecule has 1 heterocycles. The summed E-state index contributed by atoms with van der Waals surface area (Å²) in [6, 6.07) is 15.0. The van der Waals surface area contributed by atoms with Crippen LogP contribution in [0, 0.1) is 11.8 Å². The Balaban J connectivity index is 1.69. The van der Waals surface area contributed by atoms with Gasteiger partial charge >= 0.3 is 11.9 Å². The highest BCUT2D eigenvalue weighted by molar-refractivity contribution is 5.84. The van der Waals surface area contributed by atoms with Gasteiger partial charge in [-0.2, -0.15) is 0 Å². The van der Waals surface area contributed by atoms with Gasteiger partial charge in [-0.3, -0.25) is 0 Å². The van der Waals surface area contributed by atoms with Crippen LogP contribution in [0.2, 0.25) is 0 Å². The Morgan fingerprint density at radius 1 is 0.857 bits per heavy atom. The van der Waals surface area contributed by atoms with E-state index in [-0.39, 0.29) is 0 Å². The average Bonchev–Trinajstić information content (AvgIpc) is 3.14. The molecule has 0 aliphatic carbocycles. The Morgan fingerprint density at radius 3 is 1.75 bits per heavy atom. The molecule has 3 rings (SSSR count). The standard InChI is InChI=1S/C22H20O6/c1-2-3-14-4-6-15(7-5-14)8-9-16-10-12-17(13-11-16)22-27-18(20(23)24)19(28-22)21(25)26/h4-7,10-13,18-19,22H,2-3H2,1H3,(H,23,24)(H,25,26)/t18-,19-/m1/s1. The van der Waals surface area contributed by atoms with E-state index in [0.717, 1.165) is 24.0 Å². The van der Waals surface area contributed by atoms with Gasteiger partial charge in [0.25, 0.3) is 0 Å². The van der Waals surface area contributed by atoms with E-state index in [1.807, 2.05) is 12.1 Å². The molecule has 1 fully saturated rings. The Bertz CT molecular complexity index is 883. The summed E-state index contributed by atoms with van der Waals surface area (Å²) in [6.45, 7) is 2.14. The van der Waals surface area contributed by atoms with Crippen LogP contribution in [0.1, 0.15) is 41.9 Å². The molecule has 6 nitrogen and oxygen atoms in total. The number of carbonyl (C=O) groups is 2. The molecule has 144 valence electrons. The maximum atomic E-state index is 11.1. The molecular weight excluding hydrogens is 360 g/mol. The summed E-state index contributed by atoms with van der Waals surface area (Å²) < 4.78 is 10.5. The van der Waals surface area contributed by atoms with Crippen molar-refractivity contribution in [1.29, 1.82) is 0 Å². The van der Waals surface area contributed by atoms with Crippen molar-refractivity contribution in [2.45, 2.75) is 38.3 Å². The van der Waals surface area contributed by atoms with E-state index in [4.69, 9.17) is 19.7 Å². The summed E-state index contributed by atoms with van der Waals surface area (Å²) in [5, 5.41) is 18.2. The van der Waals surface area contributed by atoms with Crippen molar-refractivity contribution in [3.05, 3.63) is 70.8 Å². The molecule has 28 heavy (non-hydrogen) atoms. The molecule has 1 saturated heterocycles. The van der Waals surface area contributed by atoms with Crippen molar-refractivity contribution >= 4 is 11.9 Å². The zero-order valence-corrected chi connectivity index (χ0v) is 15.3. The van der Waals surface area contributed by atoms with Crippen LogP contribution < -0.4 is 0 Å². The predicted molar refractivity (Wildman–Crippen MR) is 101 cm³/mol. The molecule has 0 amide bonds. The van der Waals surface area contributed by atoms with Gasteiger partial charge in [-0.05, 0) is 36.2 Å². The largest absolute Gasteiger partial charge is 0.479 e. The Labute approximate surface area is 162 Å². The zero-order valence-electron chi connectivity index (χ0n) is 15.3. The fourth-order valence-corrected chi connectivity index (χ4v) is 2.88. The molecular formula is C22H20O6. The molecule has 0 spiro atoms. The lowest BCUT2D eigenvalue weighted by Gasteiger charge is -2.09. The van der Waals surface area contributed by atoms with E-state index in [1.165, 1.54) is 5.56 Å². The Hall–Kier alpha value is -3.14. The van der Waals surface area contributed by atoms with Gasteiger partial charge in [0.05, 0.1) is 0 Å². The molecule has 0 bridgehead atoms. The van der Waals surface area contributed by atoms with Gasteiger partial charge in [-0.1, -0.05) is 49.5 Å².